The SMILES string of the molecule is C/C=C\C(=C/C)C(C)OC(C)C. The Morgan fingerprint density at radius 2 is 1.75 bits per heavy atom. The molecule has 0 fully saturated rings. The molecule has 1 unspecified atom stereocenters. The highest BCUT2D eigenvalue weighted by atomic mass is 16.5. The summed E-state index contributed by atoms with van der Waals surface area (Å²) >= 11 is 0. The van der Waals surface area contributed by atoms with Gasteiger partial charge in [-0.2, -0.15) is 0 Å². The first kappa shape index (κ1) is 11.4. The Morgan fingerprint density at radius 1 is 1.17 bits per heavy atom. The molecule has 0 aliphatic rings. The van der Waals surface area contributed by atoms with E-state index in [0.29, 0.717) is 6.10 Å². The summed E-state index contributed by atoms with van der Waals surface area (Å²) in [5, 5.41) is 0. The molecule has 0 rings (SSSR count). The quantitative estimate of drug-likeness (QED) is 0.585. The molecule has 0 heterocycles. The molecule has 0 aliphatic heterocycles. The zero-order valence-electron chi connectivity index (χ0n) is 8.79. The smallest absolute Gasteiger partial charge is 0.0797 e. The lowest BCUT2D eigenvalue weighted by atomic mass is 10.1. The van der Waals surface area contributed by atoms with E-state index in [9.17, 15) is 0 Å². The van der Waals surface area contributed by atoms with E-state index in [1.54, 1.807) is 0 Å². The van der Waals surface area contributed by atoms with Crippen LogP contribution in [0.15, 0.2) is 23.8 Å². The Labute approximate surface area is 76.1 Å². The summed E-state index contributed by atoms with van der Waals surface area (Å²) in [4.78, 5) is 0. The molecule has 0 aromatic heterocycles. The standard InChI is InChI=1S/C11H20O/c1-6-8-11(7-2)10(5)12-9(3)4/h6-10H,1-5H3/b8-6-,11-7+. The molecule has 0 saturated carbocycles. The second-order valence-electron chi connectivity index (χ2n) is 3.12. The topological polar surface area (TPSA) is 9.23 Å². The lowest BCUT2D eigenvalue weighted by Crippen LogP contribution is -2.15. The van der Waals surface area contributed by atoms with Crippen molar-refractivity contribution in [3.8, 4) is 0 Å². The van der Waals surface area contributed by atoms with Crippen molar-refractivity contribution < 1.29 is 4.74 Å². The molecular weight excluding hydrogens is 148 g/mol. The average molecular weight is 168 g/mol. The first-order valence-electron chi connectivity index (χ1n) is 4.56. The summed E-state index contributed by atoms with van der Waals surface area (Å²) in [6.07, 6.45) is 6.71. The predicted molar refractivity (Wildman–Crippen MR) is 54.3 cm³/mol. The van der Waals surface area contributed by atoms with Crippen LogP contribution < -0.4 is 0 Å². The first-order chi connectivity index (χ1) is 5.61. The first-order valence-corrected chi connectivity index (χ1v) is 4.56. The fourth-order valence-corrected chi connectivity index (χ4v) is 1.15. The third kappa shape index (κ3) is 4.35. The van der Waals surface area contributed by atoms with Crippen molar-refractivity contribution in [1.82, 2.24) is 0 Å². The van der Waals surface area contributed by atoms with Gasteiger partial charge in [0.1, 0.15) is 0 Å². The highest BCUT2D eigenvalue weighted by Crippen LogP contribution is 2.10. The highest BCUT2D eigenvalue weighted by Gasteiger charge is 2.06. The number of rotatable bonds is 4. The van der Waals surface area contributed by atoms with E-state index in [-0.39, 0.29) is 6.10 Å². The Kier molecular flexibility index (Phi) is 5.73. The number of allylic oxidation sites excluding steroid dienone is 2. The van der Waals surface area contributed by atoms with Gasteiger partial charge in [-0.05, 0) is 40.2 Å². The van der Waals surface area contributed by atoms with Gasteiger partial charge in [0, 0.05) is 0 Å². The van der Waals surface area contributed by atoms with Crippen molar-refractivity contribution >= 4 is 0 Å². The maximum Gasteiger partial charge on any atom is 0.0797 e. The molecular formula is C11H20O. The van der Waals surface area contributed by atoms with Gasteiger partial charge in [0.2, 0.25) is 0 Å². The largest absolute Gasteiger partial charge is 0.371 e. The lowest BCUT2D eigenvalue weighted by molar-refractivity contribution is 0.0414. The molecule has 0 amide bonds. The molecule has 0 bridgehead atoms. The van der Waals surface area contributed by atoms with Crippen molar-refractivity contribution in [2.45, 2.75) is 46.8 Å². The summed E-state index contributed by atoms with van der Waals surface area (Å²) in [6, 6.07) is 0. The van der Waals surface area contributed by atoms with Gasteiger partial charge >= 0.3 is 0 Å². The molecule has 0 N–H and O–H groups in total. The monoisotopic (exact) mass is 168 g/mol. The summed E-state index contributed by atoms with van der Waals surface area (Å²) in [5.74, 6) is 0. The van der Waals surface area contributed by atoms with Crippen LogP contribution in [0.2, 0.25) is 0 Å². The van der Waals surface area contributed by atoms with Crippen LogP contribution in [-0.4, -0.2) is 12.2 Å². The summed E-state index contributed by atoms with van der Waals surface area (Å²) in [5.41, 5.74) is 1.24. The fraction of sp³-hybridized carbons (Fsp3) is 0.636. The predicted octanol–water partition coefficient (Wildman–Crippen LogP) is 3.32. The van der Waals surface area contributed by atoms with Crippen LogP contribution in [0.1, 0.15) is 34.6 Å². The molecule has 1 atom stereocenters. The average Bonchev–Trinajstić information content (AvgIpc) is 1.98. The van der Waals surface area contributed by atoms with Crippen molar-refractivity contribution in [1.29, 1.82) is 0 Å². The maximum absolute atomic E-state index is 5.64. The Hall–Kier alpha value is -0.560. The van der Waals surface area contributed by atoms with Crippen molar-refractivity contribution in [3.05, 3.63) is 23.8 Å². The van der Waals surface area contributed by atoms with E-state index in [4.69, 9.17) is 4.74 Å². The van der Waals surface area contributed by atoms with Crippen molar-refractivity contribution in [2.75, 3.05) is 0 Å². The Morgan fingerprint density at radius 3 is 2.08 bits per heavy atom. The van der Waals surface area contributed by atoms with Crippen LogP contribution in [0.4, 0.5) is 0 Å². The molecule has 0 spiro atoms. The van der Waals surface area contributed by atoms with Crippen LogP contribution in [0.25, 0.3) is 0 Å². The summed E-state index contributed by atoms with van der Waals surface area (Å²) in [6.45, 7) is 10.2. The van der Waals surface area contributed by atoms with Gasteiger partial charge < -0.3 is 4.74 Å². The van der Waals surface area contributed by atoms with Crippen LogP contribution in [0, 0.1) is 0 Å². The Balaban J connectivity index is 4.13. The second-order valence-corrected chi connectivity index (χ2v) is 3.12. The van der Waals surface area contributed by atoms with Gasteiger partial charge in [-0.15, -0.1) is 0 Å². The van der Waals surface area contributed by atoms with Crippen LogP contribution in [0.3, 0.4) is 0 Å². The normalized spacial score (nSPS) is 16.0. The number of hydrogen-bond donors (Lipinski definition) is 0. The molecule has 0 aromatic carbocycles. The summed E-state index contributed by atoms with van der Waals surface area (Å²) in [7, 11) is 0. The van der Waals surface area contributed by atoms with E-state index < -0.39 is 0 Å². The number of hydrogen-bond acceptors (Lipinski definition) is 1. The third-order valence-electron chi connectivity index (χ3n) is 1.64. The zero-order valence-corrected chi connectivity index (χ0v) is 8.79. The van der Waals surface area contributed by atoms with Gasteiger partial charge in [0.05, 0.1) is 12.2 Å². The van der Waals surface area contributed by atoms with Gasteiger partial charge in [-0.3, -0.25) is 0 Å². The number of ether oxygens (including phenoxy) is 1. The molecule has 1 heteroatoms. The van der Waals surface area contributed by atoms with Gasteiger partial charge in [0.15, 0.2) is 0 Å². The van der Waals surface area contributed by atoms with E-state index in [1.807, 2.05) is 19.9 Å². The zero-order chi connectivity index (χ0) is 9.56. The van der Waals surface area contributed by atoms with Crippen molar-refractivity contribution in [2.24, 2.45) is 0 Å². The van der Waals surface area contributed by atoms with Crippen molar-refractivity contribution in [3.63, 3.8) is 0 Å². The molecule has 70 valence electrons. The minimum absolute atomic E-state index is 0.200. The molecule has 0 aliphatic carbocycles. The van der Waals surface area contributed by atoms with Crippen LogP contribution in [-0.2, 0) is 4.74 Å². The van der Waals surface area contributed by atoms with Gasteiger partial charge in [-0.1, -0.05) is 18.2 Å². The van der Waals surface area contributed by atoms with Crippen LogP contribution >= 0.6 is 0 Å². The molecule has 1 nitrogen and oxygen atoms in total. The lowest BCUT2D eigenvalue weighted by Gasteiger charge is -2.16. The third-order valence-corrected chi connectivity index (χ3v) is 1.64. The maximum atomic E-state index is 5.64. The van der Waals surface area contributed by atoms with E-state index >= 15 is 0 Å². The van der Waals surface area contributed by atoms with Crippen LogP contribution in [0.5, 0.6) is 0 Å². The van der Waals surface area contributed by atoms with E-state index in [0.717, 1.165) is 0 Å². The molecule has 12 heavy (non-hydrogen) atoms. The Bertz CT molecular complexity index is 166. The second kappa shape index (κ2) is 6.01. The van der Waals surface area contributed by atoms with Gasteiger partial charge in [0.25, 0.3) is 0 Å². The summed E-state index contributed by atoms with van der Waals surface area (Å²) < 4.78 is 5.64. The molecule has 0 radical (unpaired) electrons. The fourth-order valence-electron chi connectivity index (χ4n) is 1.15. The highest BCUT2D eigenvalue weighted by molar-refractivity contribution is 5.21. The molecule has 0 saturated heterocycles. The van der Waals surface area contributed by atoms with E-state index in [2.05, 4.69) is 32.9 Å². The minimum atomic E-state index is 0.200. The van der Waals surface area contributed by atoms with Gasteiger partial charge in [-0.25, -0.2) is 0 Å². The molecule has 0 aromatic rings. The van der Waals surface area contributed by atoms with E-state index in [1.165, 1.54) is 5.57 Å². The minimum Gasteiger partial charge on any atom is -0.371 e.